The summed E-state index contributed by atoms with van der Waals surface area (Å²) in [5, 5.41) is 14.2. The number of nitro benzene ring substituents is 1. The standard InChI is InChI=1S/C15H16N2O4S/c1-3-11-6-4-5-7-13(11)16-14-9-8-12(22(2,20)21)10-15(14)17(18)19/h4-10,16H,3H2,1-2H3. The molecule has 116 valence electrons. The highest BCUT2D eigenvalue weighted by molar-refractivity contribution is 7.90. The van der Waals surface area contributed by atoms with Crippen molar-refractivity contribution in [3.05, 3.63) is 58.1 Å². The minimum Gasteiger partial charge on any atom is -0.350 e. The van der Waals surface area contributed by atoms with Gasteiger partial charge in [0.25, 0.3) is 5.69 Å². The fourth-order valence-corrected chi connectivity index (χ4v) is 2.74. The topological polar surface area (TPSA) is 89.3 Å². The summed E-state index contributed by atoms with van der Waals surface area (Å²) in [5.74, 6) is 0. The molecular formula is C15H16N2O4S. The fraction of sp³-hybridized carbons (Fsp3) is 0.200. The number of hydrogen-bond donors (Lipinski definition) is 1. The van der Waals surface area contributed by atoms with Crippen LogP contribution in [-0.2, 0) is 16.3 Å². The molecule has 0 spiro atoms. The Morgan fingerprint density at radius 2 is 1.82 bits per heavy atom. The zero-order chi connectivity index (χ0) is 16.3. The summed E-state index contributed by atoms with van der Waals surface area (Å²) >= 11 is 0. The van der Waals surface area contributed by atoms with Crippen LogP contribution in [0.2, 0.25) is 0 Å². The number of hydrogen-bond acceptors (Lipinski definition) is 5. The molecule has 0 aliphatic heterocycles. The van der Waals surface area contributed by atoms with Gasteiger partial charge in [-0.1, -0.05) is 25.1 Å². The van der Waals surface area contributed by atoms with E-state index in [4.69, 9.17) is 0 Å². The lowest BCUT2D eigenvalue weighted by molar-refractivity contribution is -0.384. The summed E-state index contributed by atoms with van der Waals surface area (Å²) in [7, 11) is -3.49. The average molecular weight is 320 g/mol. The Hall–Kier alpha value is -2.41. The third kappa shape index (κ3) is 3.43. The summed E-state index contributed by atoms with van der Waals surface area (Å²) in [5.41, 5.74) is 1.77. The predicted molar refractivity (Wildman–Crippen MR) is 85.3 cm³/mol. The van der Waals surface area contributed by atoms with Crippen LogP contribution in [0.25, 0.3) is 0 Å². The highest BCUT2D eigenvalue weighted by Gasteiger charge is 2.19. The Labute approximate surface area is 128 Å². The van der Waals surface area contributed by atoms with Crippen molar-refractivity contribution in [2.24, 2.45) is 0 Å². The summed E-state index contributed by atoms with van der Waals surface area (Å²) in [6.45, 7) is 1.99. The molecule has 0 fully saturated rings. The van der Waals surface area contributed by atoms with Gasteiger partial charge in [0.05, 0.1) is 9.82 Å². The maximum atomic E-state index is 11.5. The molecule has 1 N–H and O–H groups in total. The van der Waals surface area contributed by atoms with Crippen LogP contribution in [0.5, 0.6) is 0 Å². The first-order valence-electron chi connectivity index (χ1n) is 6.66. The van der Waals surface area contributed by atoms with Gasteiger partial charge in [-0.15, -0.1) is 0 Å². The fourth-order valence-electron chi connectivity index (χ4n) is 2.09. The van der Waals surface area contributed by atoms with Crippen molar-refractivity contribution >= 4 is 26.9 Å². The summed E-state index contributed by atoms with van der Waals surface area (Å²) in [4.78, 5) is 10.5. The third-order valence-electron chi connectivity index (χ3n) is 3.26. The van der Waals surface area contributed by atoms with Crippen LogP contribution in [0, 0.1) is 10.1 Å². The van der Waals surface area contributed by atoms with E-state index in [1.165, 1.54) is 12.1 Å². The molecule has 7 heteroatoms. The normalized spacial score (nSPS) is 11.2. The highest BCUT2D eigenvalue weighted by Crippen LogP contribution is 2.31. The second-order valence-corrected chi connectivity index (χ2v) is 6.86. The van der Waals surface area contributed by atoms with E-state index in [2.05, 4.69) is 5.32 Å². The largest absolute Gasteiger partial charge is 0.350 e. The van der Waals surface area contributed by atoms with E-state index in [-0.39, 0.29) is 16.3 Å². The lowest BCUT2D eigenvalue weighted by Crippen LogP contribution is -2.03. The smallest absolute Gasteiger partial charge is 0.293 e. The van der Waals surface area contributed by atoms with Crippen molar-refractivity contribution in [1.82, 2.24) is 0 Å². The van der Waals surface area contributed by atoms with Gasteiger partial charge >= 0.3 is 0 Å². The second kappa shape index (κ2) is 6.15. The number of sulfone groups is 1. The van der Waals surface area contributed by atoms with Crippen molar-refractivity contribution < 1.29 is 13.3 Å². The van der Waals surface area contributed by atoms with Gasteiger partial charge in [-0.2, -0.15) is 0 Å². The van der Waals surface area contributed by atoms with Crippen LogP contribution in [0.1, 0.15) is 12.5 Å². The summed E-state index contributed by atoms with van der Waals surface area (Å²) in [6.07, 6.45) is 1.80. The number of nitrogens with one attached hydrogen (secondary N) is 1. The van der Waals surface area contributed by atoms with Gasteiger partial charge in [0.2, 0.25) is 0 Å². The van der Waals surface area contributed by atoms with Gasteiger partial charge in [-0.3, -0.25) is 10.1 Å². The van der Waals surface area contributed by atoms with E-state index in [0.29, 0.717) is 0 Å². The third-order valence-corrected chi connectivity index (χ3v) is 4.37. The SMILES string of the molecule is CCc1ccccc1Nc1ccc(S(C)(=O)=O)cc1[N+](=O)[O-]. The van der Waals surface area contributed by atoms with Crippen LogP contribution in [-0.4, -0.2) is 19.6 Å². The monoisotopic (exact) mass is 320 g/mol. The lowest BCUT2D eigenvalue weighted by Gasteiger charge is -2.11. The van der Waals surface area contributed by atoms with Gasteiger partial charge in [-0.05, 0) is 30.2 Å². The van der Waals surface area contributed by atoms with Crippen LogP contribution in [0.4, 0.5) is 17.1 Å². The van der Waals surface area contributed by atoms with Crippen LogP contribution >= 0.6 is 0 Å². The van der Waals surface area contributed by atoms with Crippen molar-refractivity contribution in [1.29, 1.82) is 0 Å². The molecule has 0 amide bonds. The van der Waals surface area contributed by atoms with Gasteiger partial charge in [0.15, 0.2) is 9.84 Å². The number of anilines is 2. The molecular weight excluding hydrogens is 304 g/mol. The Morgan fingerprint density at radius 1 is 1.14 bits per heavy atom. The van der Waals surface area contributed by atoms with Gasteiger partial charge in [-0.25, -0.2) is 8.42 Å². The first-order chi connectivity index (χ1) is 10.3. The predicted octanol–water partition coefficient (Wildman–Crippen LogP) is 3.30. The van der Waals surface area contributed by atoms with Crippen molar-refractivity contribution in [2.45, 2.75) is 18.2 Å². The minimum atomic E-state index is -3.49. The molecule has 0 aromatic heterocycles. The van der Waals surface area contributed by atoms with Crippen LogP contribution < -0.4 is 5.32 Å². The number of rotatable bonds is 5. The average Bonchev–Trinajstić information content (AvgIpc) is 2.46. The first kappa shape index (κ1) is 16.0. The van der Waals surface area contributed by atoms with Gasteiger partial charge in [0.1, 0.15) is 5.69 Å². The molecule has 2 aromatic carbocycles. The van der Waals surface area contributed by atoms with E-state index >= 15 is 0 Å². The van der Waals surface area contributed by atoms with E-state index in [0.717, 1.165) is 30.0 Å². The van der Waals surface area contributed by atoms with E-state index < -0.39 is 14.8 Å². The molecule has 0 radical (unpaired) electrons. The molecule has 0 aliphatic carbocycles. The van der Waals surface area contributed by atoms with Gasteiger partial charge in [0, 0.05) is 18.0 Å². The quantitative estimate of drug-likeness (QED) is 0.674. The molecule has 22 heavy (non-hydrogen) atoms. The van der Waals surface area contributed by atoms with E-state index in [1.54, 1.807) is 0 Å². The molecule has 0 aliphatic rings. The van der Waals surface area contributed by atoms with Crippen molar-refractivity contribution in [3.8, 4) is 0 Å². The van der Waals surface area contributed by atoms with Crippen molar-refractivity contribution in [2.75, 3.05) is 11.6 Å². The molecule has 0 bridgehead atoms. The van der Waals surface area contributed by atoms with E-state index in [9.17, 15) is 18.5 Å². The minimum absolute atomic E-state index is 0.0754. The molecule has 6 nitrogen and oxygen atoms in total. The molecule has 0 saturated heterocycles. The van der Waals surface area contributed by atoms with Gasteiger partial charge < -0.3 is 5.32 Å². The Morgan fingerprint density at radius 3 is 2.41 bits per heavy atom. The zero-order valence-electron chi connectivity index (χ0n) is 12.2. The molecule has 0 heterocycles. The number of nitrogens with zero attached hydrogens (tertiary/aromatic N) is 1. The number of aryl methyl sites for hydroxylation is 1. The van der Waals surface area contributed by atoms with E-state index in [1.807, 2.05) is 31.2 Å². The van der Waals surface area contributed by atoms with Crippen molar-refractivity contribution in [3.63, 3.8) is 0 Å². The maximum Gasteiger partial charge on any atom is 0.293 e. The lowest BCUT2D eigenvalue weighted by atomic mass is 10.1. The summed E-state index contributed by atoms with van der Waals surface area (Å²) in [6, 6.07) is 11.3. The Balaban J connectivity index is 2.49. The Bertz CT molecular complexity index is 816. The molecule has 0 saturated carbocycles. The number of nitro groups is 1. The van der Waals surface area contributed by atoms with Crippen LogP contribution in [0.3, 0.4) is 0 Å². The number of para-hydroxylation sites is 1. The molecule has 2 aromatic rings. The van der Waals surface area contributed by atoms with Crippen LogP contribution in [0.15, 0.2) is 47.4 Å². The maximum absolute atomic E-state index is 11.5. The number of benzene rings is 2. The summed E-state index contributed by atoms with van der Waals surface area (Å²) < 4.78 is 23.1. The zero-order valence-corrected chi connectivity index (χ0v) is 13.1. The highest BCUT2D eigenvalue weighted by atomic mass is 32.2. The Kier molecular flexibility index (Phi) is 4.46. The first-order valence-corrected chi connectivity index (χ1v) is 8.55. The second-order valence-electron chi connectivity index (χ2n) is 4.84. The molecule has 0 unspecified atom stereocenters. The molecule has 0 atom stereocenters. The molecule has 2 rings (SSSR count).